The predicted octanol–water partition coefficient (Wildman–Crippen LogP) is 16.3. The van der Waals surface area contributed by atoms with E-state index in [9.17, 15) is 0 Å². The van der Waals surface area contributed by atoms with E-state index in [0.717, 1.165) is 18.3 Å². The Hall–Kier alpha value is -1.96. The summed E-state index contributed by atoms with van der Waals surface area (Å²) in [5.41, 5.74) is 17.1. The third-order valence-electron chi connectivity index (χ3n) is 15.3. The number of hydrogen-bond acceptors (Lipinski definition) is 0. The van der Waals surface area contributed by atoms with Gasteiger partial charge in [-0.1, -0.05) is 0 Å². The maximum atomic E-state index is 8.91. The van der Waals surface area contributed by atoms with Crippen LogP contribution < -0.4 is 0 Å². The minimum absolute atomic E-state index is 0.136. The number of fused-ring (bicyclic) bond motifs is 2. The van der Waals surface area contributed by atoms with Gasteiger partial charge < -0.3 is 0 Å². The minimum atomic E-state index is -4.88. The predicted molar refractivity (Wildman–Crippen MR) is 240 cm³/mol. The van der Waals surface area contributed by atoms with Crippen LogP contribution in [0, 0.1) is 5.92 Å². The molecule has 2 unspecified atom stereocenters. The molecule has 4 aromatic carbocycles. The Balaban J connectivity index is 1.15. The van der Waals surface area contributed by atoms with Gasteiger partial charge >= 0.3 is 344 Å². The molecule has 3 fully saturated rings. The fourth-order valence-corrected chi connectivity index (χ4v) is 43.6. The van der Waals surface area contributed by atoms with Crippen molar-refractivity contribution in [3.63, 3.8) is 0 Å². The Kier molecular flexibility index (Phi) is 11.0. The van der Waals surface area contributed by atoms with E-state index in [1.165, 1.54) is 151 Å². The molecule has 0 nitrogen and oxygen atoms in total. The molecule has 3 saturated carbocycles. The molecule has 0 N–H and O–H groups in total. The Morgan fingerprint density at radius 2 is 0.964 bits per heavy atom. The van der Waals surface area contributed by atoms with E-state index in [1.807, 2.05) is 0 Å². The third kappa shape index (κ3) is 6.74. The quantitative estimate of drug-likeness (QED) is 0.147. The van der Waals surface area contributed by atoms with Gasteiger partial charge in [-0.2, -0.15) is 0 Å². The second-order valence-corrected chi connectivity index (χ2v) is 61.0. The van der Waals surface area contributed by atoms with E-state index in [2.05, 4.69) is 117 Å². The van der Waals surface area contributed by atoms with Gasteiger partial charge in [0.05, 0.1) is 0 Å². The Bertz CT molecular complexity index is 2090. The molecule has 55 heavy (non-hydrogen) atoms. The molecule has 2 atom stereocenters. The molecular weight excluding hydrogens is 803 g/mol. The van der Waals surface area contributed by atoms with Crippen LogP contribution in [0.3, 0.4) is 0 Å². The van der Waals surface area contributed by atoms with E-state index >= 15 is 0 Å². The summed E-state index contributed by atoms with van der Waals surface area (Å²) in [5.74, 6) is 0.368. The number of benzene rings is 4. The van der Waals surface area contributed by atoms with Crippen molar-refractivity contribution < 1.29 is 15.6 Å². The Morgan fingerprint density at radius 1 is 0.527 bits per heavy atom. The Morgan fingerprint density at radius 3 is 1.44 bits per heavy atom. The van der Waals surface area contributed by atoms with Gasteiger partial charge in [-0.15, -0.1) is 0 Å². The molecule has 0 aliphatic heterocycles. The first-order valence-electron chi connectivity index (χ1n) is 22.2. The van der Waals surface area contributed by atoms with Crippen molar-refractivity contribution in [2.24, 2.45) is 5.92 Å². The molecule has 0 spiro atoms. The van der Waals surface area contributed by atoms with Crippen molar-refractivity contribution in [3.05, 3.63) is 129 Å². The monoisotopic (exact) mass is 861 g/mol. The van der Waals surface area contributed by atoms with Crippen LogP contribution in [0.2, 0.25) is 13.1 Å². The number of halogens is 2. The zero-order valence-corrected chi connectivity index (χ0v) is 38.7. The van der Waals surface area contributed by atoms with E-state index in [4.69, 9.17) is 17.0 Å². The first-order valence-corrected chi connectivity index (χ1v) is 38.5. The van der Waals surface area contributed by atoms with E-state index in [0.29, 0.717) is 5.92 Å². The number of allylic oxidation sites excluding steroid dienone is 2. The molecule has 0 radical (unpaired) electrons. The van der Waals surface area contributed by atoms with Crippen LogP contribution in [-0.2, 0) is 15.6 Å². The van der Waals surface area contributed by atoms with Crippen LogP contribution in [0.25, 0.3) is 34.4 Å². The van der Waals surface area contributed by atoms with Gasteiger partial charge in [0.25, 0.3) is 0 Å². The fourth-order valence-electron chi connectivity index (χ4n) is 12.2. The summed E-state index contributed by atoms with van der Waals surface area (Å²) in [4.78, 5) is 0. The second kappa shape index (κ2) is 15.7. The molecular formula is C51H61Cl2SiZr. The molecule has 0 heterocycles. The molecule has 287 valence electrons. The van der Waals surface area contributed by atoms with Gasteiger partial charge in [0.1, 0.15) is 0 Å². The van der Waals surface area contributed by atoms with Gasteiger partial charge in [-0.05, 0) is 0 Å². The molecule has 0 saturated heterocycles. The zero-order valence-electron chi connectivity index (χ0n) is 33.6. The van der Waals surface area contributed by atoms with Gasteiger partial charge in [0.2, 0.25) is 0 Å². The first kappa shape index (κ1) is 38.6. The normalized spacial score (nSPS) is 23.0. The molecule has 9 rings (SSSR count). The molecule has 0 amide bonds. The second-order valence-electron chi connectivity index (χ2n) is 18.5. The van der Waals surface area contributed by atoms with Crippen LogP contribution in [0.15, 0.2) is 96.1 Å². The summed E-state index contributed by atoms with van der Waals surface area (Å²) < 4.78 is 0.289. The van der Waals surface area contributed by atoms with Gasteiger partial charge in [-0.25, -0.2) is 0 Å². The number of rotatable bonds is 9. The third-order valence-corrected chi connectivity index (χ3v) is 67.0. The summed E-state index contributed by atoms with van der Waals surface area (Å²) in [6, 6.07) is 33.5. The zero-order chi connectivity index (χ0) is 37.8. The van der Waals surface area contributed by atoms with Crippen LogP contribution in [0.5, 0.6) is 0 Å². The van der Waals surface area contributed by atoms with Crippen LogP contribution in [-0.4, -0.2) is 5.92 Å². The van der Waals surface area contributed by atoms with Gasteiger partial charge in [0, 0.05) is 0 Å². The summed E-state index contributed by atoms with van der Waals surface area (Å²) in [7, 11) is 17.8. The van der Waals surface area contributed by atoms with Crippen molar-refractivity contribution in [1.82, 2.24) is 0 Å². The van der Waals surface area contributed by atoms with Crippen molar-refractivity contribution in [2.45, 2.75) is 135 Å². The van der Waals surface area contributed by atoms with E-state index in [1.54, 1.807) is 5.57 Å². The van der Waals surface area contributed by atoms with Crippen LogP contribution in [0.1, 0.15) is 156 Å². The number of hydrogen-bond donors (Lipinski definition) is 0. The summed E-state index contributed by atoms with van der Waals surface area (Å²) in [6.45, 7) is 7.38. The average molecular weight is 864 g/mol. The summed E-state index contributed by atoms with van der Waals surface area (Å²) >= 11 is -4.88. The molecule has 5 aliphatic rings. The molecule has 4 aromatic rings. The van der Waals surface area contributed by atoms with Gasteiger partial charge in [0.15, 0.2) is 0 Å². The summed E-state index contributed by atoms with van der Waals surface area (Å²) in [6.07, 6.45) is 24.9. The van der Waals surface area contributed by atoms with Gasteiger partial charge in [-0.3, -0.25) is 0 Å². The van der Waals surface area contributed by atoms with E-state index in [-0.39, 0.29) is 7.25 Å². The van der Waals surface area contributed by atoms with Crippen LogP contribution >= 0.6 is 17.0 Å². The van der Waals surface area contributed by atoms with E-state index < -0.39 is 21.5 Å². The van der Waals surface area contributed by atoms with Crippen molar-refractivity contribution in [3.8, 4) is 22.3 Å². The van der Waals surface area contributed by atoms with Crippen molar-refractivity contribution in [1.29, 1.82) is 0 Å². The molecule has 4 heteroatoms. The molecule has 5 aliphatic carbocycles. The fraction of sp³-hybridized carbons (Fsp3) is 0.451. The topological polar surface area (TPSA) is 0 Å². The van der Waals surface area contributed by atoms with Crippen molar-refractivity contribution in [2.75, 3.05) is 0 Å². The SMILES string of the molecule is CCC1=Cc2c(-c3ccc(C4CCCCC4)cc3)cccc2[CH]1[Zr]([Cl])([Cl])([CH]1C(C2CCCC2)=Cc2c(-c3ccc(C4CCCCC4)cc3)cccc21)[SiH](C)C. The average Bonchev–Trinajstić information content (AvgIpc) is 4.00. The summed E-state index contributed by atoms with van der Waals surface area (Å²) in [5, 5.41) is 0. The molecule has 0 bridgehead atoms. The standard InChI is InChI=1S/C26H29.C23H25.C2H7Si.2ClH.Zr/c1-2-7-19(8-3-1)21-13-15-22(16-14-21)25-12-6-11-23-17-24(18-26(23)25)20-9-4-5-10-20;1-2-17-15-21-9-6-10-22(23(21)16-17)20-13-11-19(12-14-20)18-7-4-3-5-8-18;1-3-2;;;/h6,11-20H,1-5,7-10H2;6,9-16,18H,2-5,7-8H2,1H3;3H,1-2H3;2*1H;/q;;;;;+2/p-2. The first-order chi connectivity index (χ1) is 26.8. The Labute approximate surface area is 341 Å². The molecule has 0 aromatic heterocycles. The van der Waals surface area contributed by atoms with Crippen LogP contribution in [0.4, 0.5) is 0 Å². The maximum absolute atomic E-state index is 8.91. The van der Waals surface area contributed by atoms with Crippen molar-refractivity contribution >= 4 is 35.1 Å².